The highest BCUT2D eigenvalue weighted by atomic mass is 79.9. The number of carboxylic acid groups (broad SMARTS) is 1. The molecule has 1 aromatic carbocycles. The van der Waals surface area contributed by atoms with Crippen LogP contribution in [0.5, 0.6) is 0 Å². The number of hydrogen-bond donors (Lipinski definition) is 1. The van der Waals surface area contributed by atoms with E-state index in [-0.39, 0.29) is 10.8 Å². The molecule has 7 heteroatoms. The van der Waals surface area contributed by atoms with Crippen LogP contribution in [0.25, 0.3) is 16.6 Å². The van der Waals surface area contributed by atoms with Gasteiger partial charge in [-0.25, -0.2) is 14.5 Å². The fraction of sp³-hybridized carbons (Fsp3) is 0. The first-order chi connectivity index (χ1) is 9.56. The van der Waals surface area contributed by atoms with Gasteiger partial charge in [0.05, 0.1) is 16.6 Å². The van der Waals surface area contributed by atoms with Crippen LogP contribution in [0.4, 0.5) is 0 Å². The Morgan fingerprint density at radius 3 is 2.85 bits per heavy atom. The molecule has 0 saturated heterocycles. The molecule has 20 heavy (non-hydrogen) atoms. The molecule has 0 unspecified atom stereocenters. The Kier molecular flexibility index (Phi) is 3.19. The maximum absolute atomic E-state index is 11.5. The van der Waals surface area contributed by atoms with Crippen LogP contribution in [-0.4, -0.2) is 25.8 Å². The van der Waals surface area contributed by atoms with E-state index in [1.165, 1.54) is 16.9 Å². The molecule has 0 aliphatic rings. The maximum atomic E-state index is 11.5. The second kappa shape index (κ2) is 4.88. The number of nitrogens with zero attached hydrogens (tertiary/aromatic N) is 3. The van der Waals surface area contributed by atoms with Gasteiger partial charge in [-0.3, -0.25) is 0 Å². The molecule has 0 atom stereocenters. The minimum absolute atomic E-state index is 0.0577. The molecular weight excluding hydrogens is 346 g/mol. The van der Waals surface area contributed by atoms with Gasteiger partial charge in [-0.2, -0.15) is 5.10 Å². The van der Waals surface area contributed by atoms with Crippen LogP contribution in [0.2, 0.25) is 5.15 Å². The third kappa shape index (κ3) is 2.17. The van der Waals surface area contributed by atoms with Gasteiger partial charge < -0.3 is 5.11 Å². The summed E-state index contributed by atoms with van der Waals surface area (Å²) in [4.78, 5) is 15.4. The van der Waals surface area contributed by atoms with Crippen molar-refractivity contribution in [3.8, 4) is 5.69 Å². The molecule has 0 fully saturated rings. The summed E-state index contributed by atoms with van der Waals surface area (Å²) in [5.74, 6) is -1.07. The minimum atomic E-state index is -1.07. The quantitative estimate of drug-likeness (QED) is 0.716. The molecule has 0 aliphatic carbocycles. The number of benzene rings is 1. The highest BCUT2D eigenvalue weighted by molar-refractivity contribution is 9.10. The van der Waals surface area contributed by atoms with Gasteiger partial charge in [0.1, 0.15) is 5.15 Å². The largest absolute Gasteiger partial charge is 0.476 e. The third-order valence-corrected chi connectivity index (χ3v) is 3.48. The number of aromatic carboxylic acids is 1. The van der Waals surface area contributed by atoms with E-state index in [1.54, 1.807) is 12.1 Å². The molecule has 0 bridgehead atoms. The van der Waals surface area contributed by atoms with Gasteiger partial charge in [-0.15, -0.1) is 0 Å². The molecule has 0 amide bonds. The number of rotatable bonds is 2. The lowest BCUT2D eigenvalue weighted by Crippen LogP contribution is -2.08. The fourth-order valence-corrected chi connectivity index (χ4v) is 2.50. The van der Waals surface area contributed by atoms with E-state index in [0.29, 0.717) is 16.6 Å². The van der Waals surface area contributed by atoms with Gasteiger partial charge in [0.15, 0.2) is 5.69 Å². The second-order valence-electron chi connectivity index (χ2n) is 4.07. The molecule has 1 N–H and O–H groups in total. The Labute approximate surface area is 126 Å². The minimum Gasteiger partial charge on any atom is -0.476 e. The summed E-state index contributed by atoms with van der Waals surface area (Å²) in [6, 6.07) is 8.76. The monoisotopic (exact) mass is 351 g/mol. The summed E-state index contributed by atoms with van der Waals surface area (Å²) in [6.07, 6.45) is 1.42. The fourth-order valence-electron chi connectivity index (χ4n) is 1.96. The SMILES string of the molecule is O=C(O)c1c2cnc(Cl)cc2nn1-c1cccc(Br)c1. The Morgan fingerprint density at radius 1 is 1.35 bits per heavy atom. The van der Waals surface area contributed by atoms with Gasteiger partial charge in [-0.05, 0) is 18.2 Å². The number of hydrogen-bond acceptors (Lipinski definition) is 3. The van der Waals surface area contributed by atoms with E-state index in [0.717, 1.165) is 4.47 Å². The molecule has 2 aromatic heterocycles. The van der Waals surface area contributed by atoms with Crippen molar-refractivity contribution in [2.75, 3.05) is 0 Å². The first-order valence-electron chi connectivity index (χ1n) is 5.60. The van der Waals surface area contributed by atoms with E-state index in [9.17, 15) is 9.90 Å². The van der Waals surface area contributed by atoms with Gasteiger partial charge in [-0.1, -0.05) is 33.6 Å². The van der Waals surface area contributed by atoms with E-state index < -0.39 is 5.97 Å². The van der Waals surface area contributed by atoms with Crippen molar-refractivity contribution < 1.29 is 9.90 Å². The van der Waals surface area contributed by atoms with Crippen molar-refractivity contribution in [2.45, 2.75) is 0 Å². The summed E-state index contributed by atoms with van der Waals surface area (Å²) in [5.41, 5.74) is 1.19. The summed E-state index contributed by atoms with van der Waals surface area (Å²) in [5, 5.41) is 14.4. The van der Waals surface area contributed by atoms with Crippen LogP contribution in [0.3, 0.4) is 0 Å². The van der Waals surface area contributed by atoms with Crippen molar-refractivity contribution in [2.24, 2.45) is 0 Å². The van der Waals surface area contributed by atoms with Crippen LogP contribution in [0.1, 0.15) is 10.5 Å². The predicted molar refractivity (Wildman–Crippen MR) is 78.5 cm³/mol. The van der Waals surface area contributed by atoms with Crippen LogP contribution < -0.4 is 0 Å². The molecule has 0 radical (unpaired) electrons. The molecule has 3 rings (SSSR count). The third-order valence-electron chi connectivity index (χ3n) is 2.78. The van der Waals surface area contributed by atoms with Crippen LogP contribution in [0.15, 0.2) is 41.0 Å². The summed E-state index contributed by atoms with van der Waals surface area (Å²) >= 11 is 9.17. The van der Waals surface area contributed by atoms with Crippen LogP contribution in [0, 0.1) is 0 Å². The molecule has 0 spiro atoms. The lowest BCUT2D eigenvalue weighted by atomic mass is 10.2. The van der Waals surface area contributed by atoms with Gasteiger partial charge >= 0.3 is 5.97 Å². The Hall–Kier alpha value is -1.92. The molecule has 2 heterocycles. The molecule has 0 saturated carbocycles. The molecule has 5 nitrogen and oxygen atoms in total. The van der Waals surface area contributed by atoms with Gasteiger partial charge in [0.25, 0.3) is 0 Å². The Morgan fingerprint density at radius 2 is 2.15 bits per heavy atom. The number of halogens is 2. The van der Waals surface area contributed by atoms with Crippen LogP contribution in [-0.2, 0) is 0 Å². The number of aromatic nitrogens is 3. The molecule has 100 valence electrons. The predicted octanol–water partition coefficient (Wildman–Crippen LogP) is 3.53. The van der Waals surface area contributed by atoms with Crippen molar-refractivity contribution in [3.63, 3.8) is 0 Å². The molecule has 3 aromatic rings. The van der Waals surface area contributed by atoms with Gasteiger partial charge in [0, 0.05) is 16.7 Å². The second-order valence-corrected chi connectivity index (χ2v) is 5.37. The van der Waals surface area contributed by atoms with Gasteiger partial charge in [0.2, 0.25) is 0 Å². The van der Waals surface area contributed by atoms with Crippen molar-refractivity contribution in [3.05, 3.63) is 51.8 Å². The normalized spacial score (nSPS) is 10.9. The average molecular weight is 353 g/mol. The maximum Gasteiger partial charge on any atom is 0.355 e. The zero-order valence-corrected chi connectivity index (χ0v) is 12.3. The number of pyridine rings is 1. The van der Waals surface area contributed by atoms with E-state index in [4.69, 9.17) is 11.6 Å². The zero-order chi connectivity index (χ0) is 14.3. The van der Waals surface area contributed by atoms with E-state index in [2.05, 4.69) is 26.0 Å². The number of fused-ring (bicyclic) bond motifs is 1. The average Bonchev–Trinajstić information content (AvgIpc) is 2.77. The topological polar surface area (TPSA) is 68.0 Å². The first-order valence-corrected chi connectivity index (χ1v) is 6.77. The Bertz CT molecular complexity index is 832. The van der Waals surface area contributed by atoms with E-state index >= 15 is 0 Å². The summed E-state index contributed by atoms with van der Waals surface area (Å²) in [7, 11) is 0. The number of carbonyl (C=O) groups is 1. The van der Waals surface area contributed by atoms with Crippen molar-refractivity contribution in [1.82, 2.24) is 14.8 Å². The zero-order valence-electron chi connectivity index (χ0n) is 9.92. The summed E-state index contributed by atoms with van der Waals surface area (Å²) in [6.45, 7) is 0. The Balaban J connectivity index is 2.35. The smallest absolute Gasteiger partial charge is 0.355 e. The summed E-state index contributed by atoms with van der Waals surface area (Å²) < 4.78 is 2.21. The first kappa shape index (κ1) is 13.1. The molecule has 0 aliphatic heterocycles. The van der Waals surface area contributed by atoms with Crippen molar-refractivity contribution >= 4 is 44.4 Å². The highest BCUT2D eigenvalue weighted by Gasteiger charge is 2.19. The van der Waals surface area contributed by atoms with Crippen LogP contribution >= 0.6 is 27.5 Å². The van der Waals surface area contributed by atoms with Crippen molar-refractivity contribution in [1.29, 1.82) is 0 Å². The molecular formula is C13H7BrClN3O2. The van der Waals surface area contributed by atoms with E-state index in [1.807, 2.05) is 12.1 Å². The standard InChI is InChI=1S/C13H7BrClN3O2/c14-7-2-1-3-8(4-7)18-12(13(19)20)9-6-16-11(15)5-10(9)17-18/h1-6H,(H,19,20). The number of carboxylic acids is 1. The lowest BCUT2D eigenvalue weighted by molar-refractivity contribution is 0.0689. The lowest BCUT2D eigenvalue weighted by Gasteiger charge is -2.04. The highest BCUT2D eigenvalue weighted by Crippen LogP contribution is 2.24.